The van der Waals surface area contributed by atoms with Crippen molar-refractivity contribution < 1.29 is 27.5 Å². The number of methoxy groups -OCH3 is 1. The van der Waals surface area contributed by atoms with Crippen LogP contribution in [0.4, 0.5) is 13.2 Å². The summed E-state index contributed by atoms with van der Waals surface area (Å²) in [5.74, 6) is -4.49. The van der Waals surface area contributed by atoms with Crippen LogP contribution in [0.1, 0.15) is 12.0 Å². The molecule has 1 aromatic carbocycles. The zero-order chi connectivity index (χ0) is 14.4. The highest BCUT2D eigenvalue weighted by molar-refractivity contribution is 5.79. The Kier molecular flexibility index (Phi) is 5.35. The van der Waals surface area contributed by atoms with Crippen molar-refractivity contribution in [3.63, 3.8) is 0 Å². The smallest absolute Gasteiger partial charge is 0.307 e. The number of rotatable bonds is 5. The lowest BCUT2D eigenvalue weighted by Gasteiger charge is -2.06. The number of carbonyl (C=O) groups excluding carboxylic acids is 2. The third-order valence-electron chi connectivity index (χ3n) is 2.32. The Morgan fingerprint density at radius 1 is 1.21 bits per heavy atom. The number of benzene rings is 1. The zero-order valence-corrected chi connectivity index (χ0v) is 10.1. The fourth-order valence-corrected chi connectivity index (χ4v) is 1.37. The summed E-state index contributed by atoms with van der Waals surface area (Å²) in [6, 6.07) is 1.00. The molecule has 19 heavy (non-hydrogen) atoms. The van der Waals surface area contributed by atoms with Crippen molar-refractivity contribution in [1.82, 2.24) is 5.32 Å². The van der Waals surface area contributed by atoms with Gasteiger partial charge < -0.3 is 10.1 Å². The summed E-state index contributed by atoms with van der Waals surface area (Å²) >= 11 is 0. The van der Waals surface area contributed by atoms with Crippen LogP contribution >= 0.6 is 0 Å². The second kappa shape index (κ2) is 6.77. The molecule has 0 saturated carbocycles. The van der Waals surface area contributed by atoms with E-state index in [4.69, 9.17) is 0 Å². The lowest BCUT2D eigenvalue weighted by Crippen LogP contribution is -2.28. The Morgan fingerprint density at radius 3 is 2.32 bits per heavy atom. The normalized spacial score (nSPS) is 10.1. The van der Waals surface area contributed by atoms with Crippen molar-refractivity contribution in [3.8, 4) is 0 Å². The van der Waals surface area contributed by atoms with Gasteiger partial charge in [-0.05, 0) is 0 Å². The van der Waals surface area contributed by atoms with Crippen molar-refractivity contribution in [2.24, 2.45) is 0 Å². The van der Waals surface area contributed by atoms with Gasteiger partial charge in [-0.15, -0.1) is 0 Å². The highest BCUT2D eigenvalue weighted by Gasteiger charge is 2.15. The van der Waals surface area contributed by atoms with E-state index in [0.717, 1.165) is 0 Å². The first-order valence-corrected chi connectivity index (χ1v) is 5.41. The monoisotopic (exact) mass is 275 g/mol. The number of ether oxygens (including phenoxy) is 1. The van der Waals surface area contributed by atoms with Crippen LogP contribution in [0.3, 0.4) is 0 Å². The molecule has 1 N–H and O–H groups in total. The van der Waals surface area contributed by atoms with Gasteiger partial charge in [0.2, 0.25) is 5.91 Å². The molecule has 0 aromatic heterocycles. The standard InChI is InChI=1S/C12H12F3NO3/c1-19-12(18)2-3-16-11(17)6-8-9(14)4-7(13)5-10(8)15/h4-5H,2-3,6H2,1H3,(H,16,17). The van der Waals surface area contributed by atoms with Crippen LogP contribution in [0.15, 0.2) is 12.1 Å². The lowest BCUT2D eigenvalue weighted by molar-refractivity contribution is -0.140. The number of nitrogens with one attached hydrogen (secondary N) is 1. The van der Waals surface area contributed by atoms with Crippen LogP contribution in [0.2, 0.25) is 0 Å². The predicted molar refractivity (Wildman–Crippen MR) is 59.7 cm³/mol. The van der Waals surface area contributed by atoms with E-state index >= 15 is 0 Å². The summed E-state index contributed by atoms with van der Waals surface area (Å²) < 4.78 is 43.5. The van der Waals surface area contributed by atoms with Crippen LogP contribution < -0.4 is 5.32 Å². The zero-order valence-electron chi connectivity index (χ0n) is 10.1. The summed E-state index contributed by atoms with van der Waals surface area (Å²) in [6.07, 6.45) is -0.615. The molecule has 0 saturated heterocycles. The van der Waals surface area contributed by atoms with Crippen molar-refractivity contribution in [1.29, 1.82) is 0 Å². The molecule has 0 radical (unpaired) electrons. The summed E-state index contributed by atoms with van der Waals surface area (Å²) in [4.78, 5) is 22.1. The Labute approximate surface area is 107 Å². The van der Waals surface area contributed by atoms with E-state index in [2.05, 4.69) is 10.1 Å². The van der Waals surface area contributed by atoms with Crippen LogP contribution in [-0.2, 0) is 20.7 Å². The SMILES string of the molecule is COC(=O)CCNC(=O)Cc1c(F)cc(F)cc1F. The topological polar surface area (TPSA) is 55.4 Å². The van der Waals surface area contributed by atoms with Crippen LogP contribution in [0.5, 0.6) is 0 Å². The molecule has 0 heterocycles. The van der Waals surface area contributed by atoms with E-state index < -0.39 is 41.3 Å². The molecule has 4 nitrogen and oxygen atoms in total. The first-order valence-electron chi connectivity index (χ1n) is 5.41. The maximum atomic E-state index is 13.2. The van der Waals surface area contributed by atoms with Gasteiger partial charge in [-0.2, -0.15) is 0 Å². The molecule has 7 heteroatoms. The van der Waals surface area contributed by atoms with E-state index in [1.807, 2.05) is 0 Å². The van der Waals surface area contributed by atoms with Gasteiger partial charge >= 0.3 is 5.97 Å². The summed E-state index contributed by atoms with van der Waals surface area (Å²) in [5, 5.41) is 2.30. The van der Waals surface area contributed by atoms with E-state index in [1.54, 1.807) is 0 Å². The third kappa shape index (κ3) is 4.61. The van der Waals surface area contributed by atoms with Crippen LogP contribution in [0.25, 0.3) is 0 Å². The molecule has 0 bridgehead atoms. The van der Waals surface area contributed by atoms with Gasteiger partial charge in [-0.1, -0.05) is 0 Å². The minimum absolute atomic E-state index is 0.00403. The average Bonchev–Trinajstić information content (AvgIpc) is 2.33. The van der Waals surface area contributed by atoms with Gasteiger partial charge in [0.05, 0.1) is 20.0 Å². The van der Waals surface area contributed by atoms with Crippen LogP contribution in [0, 0.1) is 17.5 Å². The maximum Gasteiger partial charge on any atom is 0.307 e. The van der Waals surface area contributed by atoms with Gasteiger partial charge in [-0.3, -0.25) is 9.59 Å². The molecular formula is C12H12F3NO3. The largest absolute Gasteiger partial charge is 0.469 e. The highest BCUT2D eigenvalue weighted by Crippen LogP contribution is 2.15. The van der Waals surface area contributed by atoms with E-state index in [-0.39, 0.29) is 13.0 Å². The highest BCUT2D eigenvalue weighted by atomic mass is 19.1. The molecule has 1 rings (SSSR count). The summed E-state index contributed by atoms with van der Waals surface area (Å²) in [6.45, 7) is -0.00403. The maximum absolute atomic E-state index is 13.2. The summed E-state index contributed by atoms with van der Waals surface area (Å²) in [5.41, 5.74) is -0.517. The van der Waals surface area contributed by atoms with Crippen molar-refractivity contribution >= 4 is 11.9 Å². The molecule has 0 aliphatic carbocycles. The predicted octanol–water partition coefficient (Wildman–Crippen LogP) is 1.33. The average molecular weight is 275 g/mol. The molecule has 104 valence electrons. The Morgan fingerprint density at radius 2 is 1.79 bits per heavy atom. The number of amides is 1. The van der Waals surface area contributed by atoms with E-state index in [0.29, 0.717) is 12.1 Å². The Hall–Kier alpha value is -2.05. The van der Waals surface area contributed by atoms with Crippen molar-refractivity contribution in [3.05, 3.63) is 35.1 Å². The number of hydrogen-bond donors (Lipinski definition) is 1. The van der Waals surface area contributed by atoms with Crippen molar-refractivity contribution in [2.75, 3.05) is 13.7 Å². The molecule has 0 spiro atoms. The van der Waals surface area contributed by atoms with Gasteiger partial charge in [0.25, 0.3) is 0 Å². The van der Waals surface area contributed by atoms with Gasteiger partial charge in [0.15, 0.2) is 0 Å². The number of carbonyl (C=O) groups is 2. The number of hydrogen-bond acceptors (Lipinski definition) is 3. The first kappa shape index (κ1) is 15.0. The molecule has 1 amide bonds. The van der Waals surface area contributed by atoms with E-state index in [9.17, 15) is 22.8 Å². The minimum atomic E-state index is -1.12. The molecular weight excluding hydrogens is 263 g/mol. The minimum Gasteiger partial charge on any atom is -0.469 e. The number of halogens is 3. The lowest BCUT2D eigenvalue weighted by atomic mass is 10.1. The second-order valence-electron chi connectivity index (χ2n) is 3.70. The quantitative estimate of drug-likeness (QED) is 0.825. The summed E-state index contributed by atoms with van der Waals surface area (Å²) in [7, 11) is 1.20. The Bertz CT molecular complexity index is 468. The molecule has 0 aliphatic heterocycles. The van der Waals surface area contributed by atoms with Crippen LogP contribution in [-0.4, -0.2) is 25.5 Å². The molecule has 0 unspecified atom stereocenters. The van der Waals surface area contributed by atoms with Crippen molar-refractivity contribution in [2.45, 2.75) is 12.8 Å². The molecule has 0 fully saturated rings. The van der Waals surface area contributed by atoms with Gasteiger partial charge in [0.1, 0.15) is 17.5 Å². The third-order valence-corrected chi connectivity index (χ3v) is 2.32. The fraction of sp³-hybridized carbons (Fsp3) is 0.333. The van der Waals surface area contributed by atoms with Gasteiger partial charge in [-0.25, -0.2) is 13.2 Å². The first-order chi connectivity index (χ1) is 8.93. The molecule has 0 atom stereocenters. The number of esters is 1. The fourth-order valence-electron chi connectivity index (χ4n) is 1.37. The molecule has 0 aliphatic rings. The van der Waals surface area contributed by atoms with Gasteiger partial charge in [0, 0.05) is 24.2 Å². The van der Waals surface area contributed by atoms with E-state index in [1.165, 1.54) is 7.11 Å². The Balaban J connectivity index is 2.56. The molecule has 1 aromatic rings. The second-order valence-corrected chi connectivity index (χ2v) is 3.70.